The number of aryl methyl sites for hydroxylation is 2. The standard InChI is InChI=1S/C25H29N5/c1-18-16-26-24(14-20(18)10-12-29(3)4)22-8-7-9-23(28-22)25-15-21(11-13-30(5)6)19(2)17-27-25/h7-17H,1-6H3/b12-10+,13-11+. The summed E-state index contributed by atoms with van der Waals surface area (Å²) in [6.07, 6.45) is 12.1. The third kappa shape index (κ3) is 5.32. The number of pyridine rings is 3. The van der Waals surface area contributed by atoms with Gasteiger partial charge in [0.25, 0.3) is 0 Å². The average molecular weight is 400 g/mol. The number of hydrogen-bond donors (Lipinski definition) is 0. The fourth-order valence-corrected chi connectivity index (χ4v) is 2.90. The lowest BCUT2D eigenvalue weighted by atomic mass is 10.1. The molecule has 30 heavy (non-hydrogen) atoms. The Bertz CT molecular complexity index is 998. The Morgan fingerprint density at radius 2 is 1.10 bits per heavy atom. The SMILES string of the molecule is Cc1cnc(-c2cccc(-c3cc(/C=C/N(C)C)c(C)cn3)n2)cc1/C=C/N(C)C. The lowest BCUT2D eigenvalue weighted by molar-refractivity contribution is 0.567. The van der Waals surface area contributed by atoms with Crippen LogP contribution in [0.4, 0.5) is 0 Å². The van der Waals surface area contributed by atoms with Gasteiger partial charge >= 0.3 is 0 Å². The summed E-state index contributed by atoms with van der Waals surface area (Å²) >= 11 is 0. The summed E-state index contributed by atoms with van der Waals surface area (Å²) in [7, 11) is 8.04. The third-order valence-corrected chi connectivity index (χ3v) is 4.67. The van der Waals surface area contributed by atoms with Crippen molar-refractivity contribution in [2.45, 2.75) is 13.8 Å². The first kappa shape index (κ1) is 21.2. The monoisotopic (exact) mass is 399 g/mol. The fraction of sp³-hybridized carbons (Fsp3) is 0.240. The molecule has 3 heterocycles. The number of nitrogens with zero attached hydrogens (tertiary/aromatic N) is 5. The Morgan fingerprint density at radius 3 is 1.50 bits per heavy atom. The van der Waals surface area contributed by atoms with E-state index in [1.165, 1.54) is 0 Å². The predicted octanol–water partition coefficient (Wildman–Crippen LogP) is 4.89. The minimum absolute atomic E-state index is 0.833. The van der Waals surface area contributed by atoms with Gasteiger partial charge in [-0.2, -0.15) is 0 Å². The largest absolute Gasteiger partial charge is 0.383 e. The van der Waals surface area contributed by atoms with Crippen LogP contribution in [-0.2, 0) is 0 Å². The molecule has 3 aromatic rings. The molecule has 0 atom stereocenters. The van der Waals surface area contributed by atoms with Gasteiger partial charge < -0.3 is 9.80 Å². The lowest BCUT2D eigenvalue weighted by Gasteiger charge is -2.09. The van der Waals surface area contributed by atoms with Gasteiger partial charge in [-0.05, 0) is 84.9 Å². The summed E-state index contributed by atoms with van der Waals surface area (Å²) in [5, 5.41) is 0. The first-order valence-electron chi connectivity index (χ1n) is 9.94. The number of hydrogen-bond acceptors (Lipinski definition) is 5. The molecular formula is C25H29N5. The first-order valence-corrected chi connectivity index (χ1v) is 9.94. The molecule has 0 aliphatic carbocycles. The van der Waals surface area contributed by atoms with Gasteiger partial charge in [0.15, 0.2) is 0 Å². The molecule has 0 fully saturated rings. The van der Waals surface area contributed by atoms with Gasteiger partial charge in [0.2, 0.25) is 0 Å². The van der Waals surface area contributed by atoms with Crippen LogP contribution in [0.3, 0.4) is 0 Å². The Labute approximate surface area is 179 Å². The molecule has 5 heteroatoms. The molecule has 3 aromatic heterocycles. The predicted molar refractivity (Wildman–Crippen MR) is 126 cm³/mol. The van der Waals surface area contributed by atoms with Crippen molar-refractivity contribution >= 4 is 12.2 Å². The van der Waals surface area contributed by atoms with Crippen molar-refractivity contribution in [2.24, 2.45) is 0 Å². The highest BCUT2D eigenvalue weighted by Crippen LogP contribution is 2.24. The minimum Gasteiger partial charge on any atom is -0.383 e. The topological polar surface area (TPSA) is 45.2 Å². The summed E-state index contributed by atoms with van der Waals surface area (Å²) in [4.78, 5) is 18.1. The normalized spacial score (nSPS) is 11.4. The molecule has 0 saturated carbocycles. The molecule has 0 saturated heterocycles. The van der Waals surface area contributed by atoms with Gasteiger partial charge in [0.1, 0.15) is 0 Å². The van der Waals surface area contributed by atoms with Crippen molar-refractivity contribution in [2.75, 3.05) is 28.2 Å². The van der Waals surface area contributed by atoms with E-state index in [0.29, 0.717) is 0 Å². The Balaban J connectivity index is 1.98. The van der Waals surface area contributed by atoms with Crippen LogP contribution < -0.4 is 0 Å². The molecule has 5 nitrogen and oxygen atoms in total. The quantitative estimate of drug-likeness (QED) is 0.591. The molecule has 0 aromatic carbocycles. The fourth-order valence-electron chi connectivity index (χ4n) is 2.90. The number of rotatable bonds is 6. The maximum absolute atomic E-state index is 4.85. The van der Waals surface area contributed by atoms with E-state index < -0.39 is 0 Å². The zero-order chi connectivity index (χ0) is 21.7. The summed E-state index contributed by atoms with van der Waals surface area (Å²) in [5.74, 6) is 0. The summed E-state index contributed by atoms with van der Waals surface area (Å²) in [5.41, 5.74) is 7.88. The lowest BCUT2D eigenvalue weighted by Crippen LogP contribution is -2.00. The molecule has 0 N–H and O–H groups in total. The van der Waals surface area contributed by atoms with E-state index in [0.717, 1.165) is 45.0 Å². The highest BCUT2D eigenvalue weighted by molar-refractivity contribution is 5.67. The molecule has 0 amide bonds. The molecule has 0 aliphatic rings. The van der Waals surface area contributed by atoms with Crippen molar-refractivity contribution in [1.29, 1.82) is 0 Å². The Morgan fingerprint density at radius 1 is 0.667 bits per heavy atom. The maximum Gasteiger partial charge on any atom is 0.0894 e. The van der Waals surface area contributed by atoms with E-state index in [-0.39, 0.29) is 0 Å². The molecule has 3 rings (SSSR count). The Kier molecular flexibility index (Phi) is 6.62. The van der Waals surface area contributed by atoms with Crippen LogP contribution in [0.15, 0.2) is 55.1 Å². The molecular weight excluding hydrogens is 370 g/mol. The van der Waals surface area contributed by atoms with Gasteiger partial charge in [0.05, 0.1) is 22.8 Å². The summed E-state index contributed by atoms with van der Waals surface area (Å²) in [6.45, 7) is 4.13. The van der Waals surface area contributed by atoms with Crippen LogP contribution in [0.1, 0.15) is 22.3 Å². The first-order chi connectivity index (χ1) is 14.3. The van der Waals surface area contributed by atoms with Gasteiger partial charge in [-0.1, -0.05) is 6.07 Å². The van der Waals surface area contributed by atoms with E-state index in [1.807, 2.05) is 81.0 Å². The zero-order valence-electron chi connectivity index (χ0n) is 18.6. The van der Waals surface area contributed by atoms with Crippen LogP contribution >= 0.6 is 0 Å². The second-order valence-corrected chi connectivity index (χ2v) is 7.82. The summed E-state index contributed by atoms with van der Waals surface area (Å²) in [6, 6.07) is 10.1. The van der Waals surface area contributed by atoms with Crippen molar-refractivity contribution in [3.63, 3.8) is 0 Å². The summed E-state index contributed by atoms with van der Waals surface area (Å²) < 4.78 is 0. The van der Waals surface area contributed by atoms with E-state index in [4.69, 9.17) is 4.98 Å². The second-order valence-electron chi connectivity index (χ2n) is 7.82. The average Bonchev–Trinajstić information content (AvgIpc) is 2.72. The van der Waals surface area contributed by atoms with E-state index in [9.17, 15) is 0 Å². The van der Waals surface area contributed by atoms with Crippen molar-refractivity contribution < 1.29 is 0 Å². The van der Waals surface area contributed by atoms with E-state index in [2.05, 4.69) is 48.1 Å². The van der Waals surface area contributed by atoms with Crippen LogP contribution in [0.25, 0.3) is 34.9 Å². The van der Waals surface area contributed by atoms with Crippen molar-refractivity contribution in [3.05, 3.63) is 77.4 Å². The van der Waals surface area contributed by atoms with Gasteiger partial charge in [-0.3, -0.25) is 9.97 Å². The van der Waals surface area contributed by atoms with Gasteiger partial charge in [-0.25, -0.2) is 4.98 Å². The van der Waals surface area contributed by atoms with Crippen LogP contribution in [0.2, 0.25) is 0 Å². The van der Waals surface area contributed by atoms with Crippen LogP contribution in [0, 0.1) is 13.8 Å². The second kappa shape index (κ2) is 9.35. The van der Waals surface area contributed by atoms with Crippen molar-refractivity contribution in [3.8, 4) is 22.8 Å². The highest BCUT2D eigenvalue weighted by atomic mass is 15.0. The van der Waals surface area contributed by atoms with Crippen LogP contribution in [-0.4, -0.2) is 52.9 Å². The highest BCUT2D eigenvalue weighted by Gasteiger charge is 2.08. The molecule has 0 radical (unpaired) electrons. The molecule has 0 aliphatic heterocycles. The molecule has 154 valence electrons. The molecule has 0 spiro atoms. The number of aromatic nitrogens is 3. The Hall–Kier alpha value is -3.47. The van der Waals surface area contributed by atoms with E-state index in [1.54, 1.807) is 0 Å². The molecule has 0 bridgehead atoms. The van der Waals surface area contributed by atoms with Crippen LogP contribution in [0.5, 0.6) is 0 Å². The maximum atomic E-state index is 4.85. The third-order valence-electron chi connectivity index (χ3n) is 4.67. The zero-order valence-corrected chi connectivity index (χ0v) is 18.6. The molecule has 0 unspecified atom stereocenters. The van der Waals surface area contributed by atoms with Gasteiger partial charge in [0, 0.05) is 40.6 Å². The smallest absolute Gasteiger partial charge is 0.0894 e. The minimum atomic E-state index is 0.833. The van der Waals surface area contributed by atoms with Gasteiger partial charge in [-0.15, -0.1) is 0 Å². The van der Waals surface area contributed by atoms with Crippen molar-refractivity contribution in [1.82, 2.24) is 24.8 Å². The van der Waals surface area contributed by atoms with E-state index >= 15 is 0 Å².